The highest BCUT2D eigenvalue weighted by Crippen LogP contribution is 2.13. The van der Waals surface area contributed by atoms with E-state index in [4.69, 9.17) is 27.9 Å². The van der Waals surface area contributed by atoms with E-state index in [1.807, 2.05) is 24.3 Å². The molecular weight excluding hydrogens is 290 g/mol. The quantitative estimate of drug-likeness (QED) is 0.322. The van der Waals surface area contributed by atoms with Gasteiger partial charge in [-0.25, -0.2) is 11.0 Å². The Labute approximate surface area is 130 Å². The lowest BCUT2D eigenvalue weighted by Gasteiger charge is -2.30. The van der Waals surface area contributed by atoms with Gasteiger partial charge in [-0.2, -0.15) is 0 Å². The molecule has 1 heterocycles. The predicted octanol–water partition coefficient (Wildman–Crippen LogP) is 0.707. The normalized spacial score (nSPS) is 23.1. The molecule has 1 aromatic carbocycles. The van der Waals surface area contributed by atoms with Gasteiger partial charge in [0.1, 0.15) is 5.84 Å². The molecule has 0 aromatic heterocycles. The fraction of sp³-hybridized carbons (Fsp3) is 0.500. The molecular formula is C14H22ClN5O. The van der Waals surface area contributed by atoms with Gasteiger partial charge in [-0.1, -0.05) is 23.7 Å². The van der Waals surface area contributed by atoms with Gasteiger partial charge in [-0.3, -0.25) is 0 Å². The lowest BCUT2D eigenvalue weighted by molar-refractivity contribution is 0.00853. The molecule has 1 fully saturated rings. The number of benzene rings is 1. The summed E-state index contributed by atoms with van der Waals surface area (Å²) in [5.74, 6) is 5.89. The Balaban J connectivity index is 1.76. The molecule has 0 saturated carbocycles. The molecule has 5 N–H and O–H groups in total. The molecule has 116 valence electrons. The molecule has 2 atom stereocenters. The minimum absolute atomic E-state index is 0.0372. The maximum absolute atomic E-state index is 5.88. The maximum atomic E-state index is 5.88. The van der Waals surface area contributed by atoms with Crippen LogP contribution in [0.1, 0.15) is 12.0 Å². The Bertz CT molecular complexity index is 469. The number of hydrogen-bond acceptors (Lipinski definition) is 5. The molecule has 0 bridgehead atoms. The topological polar surface area (TPSA) is 88.9 Å². The number of ether oxygens (including phenoxy) is 1. The van der Waals surface area contributed by atoms with E-state index in [1.54, 1.807) is 7.05 Å². The van der Waals surface area contributed by atoms with Gasteiger partial charge in [0, 0.05) is 31.1 Å². The SMILES string of the molecule is CN(N)/N=C(\N)CC1CNC(Cc2ccc(Cl)cc2)CO1. The second-order valence-electron chi connectivity index (χ2n) is 5.26. The summed E-state index contributed by atoms with van der Waals surface area (Å²) in [6.45, 7) is 1.40. The van der Waals surface area contributed by atoms with E-state index in [1.165, 1.54) is 10.7 Å². The van der Waals surface area contributed by atoms with Crippen LogP contribution in [0, 0.1) is 0 Å². The van der Waals surface area contributed by atoms with Crippen LogP contribution < -0.4 is 16.9 Å². The molecule has 0 spiro atoms. The van der Waals surface area contributed by atoms with E-state index in [2.05, 4.69) is 10.4 Å². The Morgan fingerprint density at radius 2 is 2.19 bits per heavy atom. The van der Waals surface area contributed by atoms with Crippen LogP contribution in [0.25, 0.3) is 0 Å². The largest absolute Gasteiger partial charge is 0.386 e. The monoisotopic (exact) mass is 311 g/mol. The number of rotatable bonds is 5. The minimum Gasteiger partial charge on any atom is -0.386 e. The van der Waals surface area contributed by atoms with Crippen molar-refractivity contribution in [3.8, 4) is 0 Å². The first kappa shape index (κ1) is 16.0. The number of hydrogen-bond donors (Lipinski definition) is 3. The number of nitrogens with zero attached hydrogens (tertiary/aromatic N) is 2. The van der Waals surface area contributed by atoms with Gasteiger partial charge in [-0.15, -0.1) is 5.10 Å². The number of morpholine rings is 1. The highest BCUT2D eigenvalue weighted by molar-refractivity contribution is 6.30. The second kappa shape index (κ2) is 7.61. The molecule has 2 rings (SSSR count). The Kier molecular flexibility index (Phi) is 5.81. The van der Waals surface area contributed by atoms with Crippen LogP contribution in [0.2, 0.25) is 5.02 Å². The predicted molar refractivity (Wildman–Crippen MR) is 84.9 cm³/mol. The maximum Gasteiger partial charge on any atom is 0.124 e. The van der Waals surface area contributed by atoms with Gasteiger partial charge < -0.3 is 15.8 Å². The van der Waals surface area contributed by atoms with Crippen molar-refractivity contribution < 1.29 is 4.74 Å². The smallest absolute Gasteiger partial charge is 0.124 e. The van der Waals surface area contributed by atoms with Gasteiger partial charge in [0.2, 0.25) is 0 Å². The van der Waals surface area contributed by atoms with Gasteiger partial charge in [0.25, 0.3) is 0 Å². The van der Waals surface area contributed by atoms with Crippen molar-refractivity contribution in [3.63, 3.8) is 0 Å². The standard InChI is InChI=1S/C14H22ClN5O/c1-20(17)19-14(16)7-13-8-18-12(9-21-13)6-10-2-4-11(15)5-3-10/h2-5,12-13,18H,6-9,17H2,1H3,(H2,16,19). The lowest BCUT2D eigenvalue weighted by Crippen LogP contribution is -2.48. The molecule has 0 amide bonds. The first-order valence-electron chi connectivity index (χ1n) is 6.93. The Hall–Kier alpha value is -1.34. The van der Waals surface area contributed by atoms with Gasteiger partial charge in [0.15, 0.2) is 0 Å². The molecule has 1 saturated heterocycles. The van der Waals surface area contributed by atoms with Gasteiger partial charge in [-0.05, 0) is 24.1 Å². The van der Waals surface area contributed by atoms with Crippen LogP contribution >= 0.6 is 11.6 Å². The van der Waals surface area contributed by atoms with Crippen LogP contribution in [0.4, 0.5) is 0 Å². The number of amidine groups is 1. The summed E-state index contributed by atoms with van der Waals surface area (Å²) >= 11 is 5.88. The summed E-state index contributed by atoms with van der Waals surface area (Å²) in [5.41, 5.74) is 7.03. The van der Waals surface area contributed by atoms with Crippen molar-refractivity contribution in [3.05, 3.63) is 34.9 Å². The van der Waals surface area contributed by atoms with Gasteiger partial charge in [0.05, 0.1) is 12.7 Å². The summed E-state index contributed by atoms with van der Waals surface area (Å²) < 4.78 is 5.83. The van der Waals surface area contributed by atoms with Crippen LogP contribution in [0.5, 0.6) is 0 Å². The molecule has 6 nitrogen and oxygen atoms in total. The van der Waals surface area contributed by atoms with Crippen LogP contribution in [-0.4, -0.2) is 43.3 Å². The summed E-state index contributed by atoms with van der Waals surface area (Å²) in [7, 11) is 1.63. The van der Waals surface area contributed by atoms with Crippen molar-refractivity contribution in [1.29, 1.82) is 0 Å². The van der Waals surface area contributed by atoms with Crippen molar-refractivity contribution in [2.45, 2.75) is 25.0 Å². The third kappa shape index (κ3) is 5.51. The fourth-order valence-electron chi connectivity index (χ4n) is 2.31. The zero-order valence-corrected chi connectivity index (χ0v) is 12.9. The molecule has 21 heavy (non-hydrogen) atoms. The number of hydrazone groups is 1. The highest BCUT2D eigenvalue weighted by atomic mass is 35.5. The first-order chi connectivity index (χ1) is 10.0. The van der Waals surface area contributed by atoms with Crippen LogP contribution in [0.3, 0.4) is 0 Å². The van der Waals surface area contributed by atoms with E-state index >= 15 is 0 Å². The average Bonchev–Trinajstić information content (AvgIpc) is 2.42. The van der Waals surface area contributed by atoms with E-state index < -0.39 is 0 Å². The zero-order valence-electron chi connectivity index (χ0n) is 12.1. The third-order valence-corrected chi connectivity index (χ3v) is 3.54. The summed E-state index contributed by atoms with van der Waals surface area (Å²) in [6.07, 6.45) is 1.52. The number of hydrazine groups is 1. The highest BCUT2D eigenvalue weighted by Gasteiger charge is 2.22. The van der Waals surface area contributed by atoms with Crippen LogP contribution in [-0.2, 0) is 11.2 Å². The summed E-state index contributed by atoms with van der Waals surface area (Å²) in [6, 6.07) is 8.20. The van der Waals surface area contributed by atoms with Crippen molar-refractivity contribution >= 4 is 17.4 Å². The summed E-state index contributed by atoms with van der Waals surface area (Å²) in [4.78, 5) is 0. The molecule has 7 heteroatoms. The molecule has 1 aliphatic rings. The first-order valence-corrected chi connectivity index (χ1v) is 7.31. The molecule has 0 aliphatic carbocycles. The number of nitrogens with one attached hydrogen (secondary N) is 1. The van der Waals surface area contributed by atoms with Gasteiger partial charge >= 0.3 is 0 Å². The molecule has 1 aromatic rings. The second-order valence-corrected chi connectivity index (χ2v) is 5.70. The van der Waals surface area contributed by atoms with E-state index in [0.29, 0.717) is 24.9 Å². The lowest BCUT2D eigenvalue weighted by atomic mass is 10.0. The average molecular weight is 312 g/mol. The van der Waals surface area contributed by atoms with Crippen LogP contribution in [0.15, 0.2) is 29.4 Å². The number of nitrogens with two attached hydrogens (primary N) is 2. The minimum atomic E-state index is 0.0372. The Morgan fingerprint density at radius 3 is 2.76 bits per heavy atom. The zero-order chi connectivity index (χ0) is 15.2. The third-order valence-electron chi connectivity index (χ3n) is 3.29. The van der Waals surface area contributed by atoms with E-state index in [-0.39, 0.29) is 6.10 Å². The van der Waals surface area contributed by atoms with E-state index in [9.17, 15) is 0 Å². The summed E-state index contributed by atoms with van der Waals surface area (Å²) in [5, 5.41) is 9.39. The molecule has 2 unspecified atom stereocenters. The Morgan fingerprint density at radius 1 is 1.48 bits per heavy atom. The number of halogens is 1. The van der Waals surface area contributed by atoms with E-state index in [0.717, 1.165) is 18.0 Å². The van der Waals surface area contributed by atoms with Crippen molar-refractivity contribution in [1.82, 2.24) is 10.4 Å². The molecule has 1 aliphatic heterocycles. The molecule has 0 radical (unpaired) electrons. The van der Waals surface area contributed by atoms with Crippen molar-refractivity contribution in [2.75, 3.05) is 20.2 Å². The van der Waals surface area contributed by atoms with Crippen molar-refractivity contribution in [2.24, 2.45) is 16.7 Å². The fourth-order valence-corrected chi connectivity index (χ4v) is 2.44.